The fourth-order valence-corrected chi connectivity index (χ4v) is 3.35. The van der Waals surface area contributed by atoms with Crippen LogP contribution in [-0.2, 0) is 4.79 Å². The van der Waals surface area contributed by atoms with Gasteiger partial charge in [-0.2, -0.15) is 4.98 Å². The van der Waals surface area contributed by atoms with Crippen molar-refractivity contribution in [3.63, 3.8) is 0 Å². The number of amides is 1. The summed E-state index contributed by atoms with van der Waals surface area (Å²) in [5.74, 6) is 2.18. The van der Waals surface area contributed by atoms with E-state index in [1.807, 2.05) is 13.0 Å². The molecule has 1 amide bonds. The van der Waals surface area contributed by atoms with E-state index in [4.69, 9.17) is 4.52 Å². The summed E-state index contributed by atoms with van der Waals surface area (Å²) in [6, 6.07) is 1.96. The number of nitrogens with one attached hydrogen (secondary N) is 1. The first-order valence-corrected chi connectivity index (χ1v) is 8.27. The molecule has 5 nitrogen and oxygen atoms in total. The largest absolute Gasteiger partial charge is 0.339 e. The molecule has 0 bridgehead atoms. The summed E-state index contributed by atoms with van der Waals surface area (Å²) in [5.41, 5.74) is 0.879. The van der Waals surface area contributed by atoms with E-state index in [2.05, 4.69) is 15.5 Å². The van der Waals surface area contributed by atoms with E-state index in [1.54, 1.807) is 11.3 Å². The Kier molecular flexibility index (Phi) is 3.06. The van der Waals surface area contributed by atoms with Crippen LogP contribution < -0.4 is 5.32 Å². The first-order valence-electron chi connectivity index (χ1n) is 7.46. The second kappa shape index (κ2) is 4.94. The van der Waals surface area contributed by atoms with Crippen molar-refractivity contribution in [2.75, 3.05) is 5.32 Å². The monoisotopic (exact) mass is 303 g/mol. The van der Waals surface area contributed by atoms with Crippen LogP contribution in [0.25, 0.3) is 10.7 Å². The first kappa shape index (κ1) is 13.0. The number of carbonyl (C=O) groups is 1. The van der Waals surface area contributed by atoms with Gasteiger partial charge in [-0.05, 0) is 38.7 Å². The number of thiophene rings is 1. The van der Waals surface area contributed by atoms with Gasteiger partial charge in [0.1, 0.15) is 0 Å². The van der Waals surface area contributed by atoms with Crippen LogP contribution in [0.5, 0.6) is 0 Å². The standard InChI is InChI=1S/C15H17N3O2S/c1-8-11(16-14(19)9-3-2-4-9)7-12(21-8)13-17-15(20-18-13)10-5-6-10/h7,9-10H,2-6H2,1H3,(H,16,19). The Balaban J connectivity index is 1.53. The molecule has 2 saturated carbocycles. The van der Waals surface area contributed by atoms with Crippen molar-refractivity contribution < 1.29 is 9.32 Å². The quantitative estimate of drug-likeness (QED) is 0.934. The fraction of sp³-hybridized carbons (Fsp3) is 0.533. The third-order valence-corrected chi connectivity index (χ3v) is 5.29. The summed E-state index contributed by atoms with van der Waals surface area (Å²) >= 11 is 1.59. The van der Waals surface area contributed by atoms with Gasteiger partial charge in [-0.3, -0.25) is 4.79 Å². The fourth-order valence-electron chi connectivity index (χ4n) is 2.45. The van der Waals surface area contributed by atoms with Gasteiger partial charge < -0.3 is 9.84 Å². The SMILES string of the molecule is Cc1sc(-c2noc(C3CC3)n2)cc1NC(=O)C1CCC1. The molecule has 0 atom stereocenters. The Bertz CT molecular complexity index is 683. The first-order chi connectivity index (χ1) is 10.2. The van der Waals surface area contributed by atoms with Crippen molar-refractivity contribution in [1.82, 2.24) is 10.1 Å². The van der Waals surface area contributed by atoms with Crippen molar-refractivity contribution in [2.45, 2.75) is 44.9 Å². The molecule has 0 aliphatic heterocycles. The lowest BCUT2D eigenvalue weighted by atomic mass is 9.85. The summed E-state index contributed by atoms with van der Waals surface area (Å²) < 4.78 is 5.30. The van der Waals surface area contributed by atoms with Crippen LogP contribution in [0.3, 0.4) is 0 Å². The second-order valence-electron chi connectivity index (χ2n) is 5.93. The van der Waals surface area contributed by atoms with Gasteiger partial charge in [-0.15, -0.1) is 11.3 Å². The number of nitrogens with zero attached hydrogens (tertiary/aromatic N) is 2. The van der Waals surface area contributed by atoms with E-state index in [-0.39, 0.29) is 11.8 Å². The van der Waals surface area contributed by atoms with Crippen LogP contribution in [0.4, 0.5) is 5.69 Å². The van der Waals surface area contributed by atoms with E-state index in [0.29, 0.717) is 11.7 Å². The van der Waals surface area contributed by atoms with Crippen LogP contribution >= 0.6 is 11.3 Å². The number of aromatic nitrogens is 2. The topological polar surface area (TPSA) is 68.0 Å². The summed E-state index contributed by atoms with van der Waals surface area (Å²) in [4.78, 5) is 18.5. The minimum atomic E-state index is 0.139. The predicted octanol–water partition coefficient (Wildman–Crippen LogP) is 3.72. The molecular weight excluding hydrogens is 286 g/mol. The Morgan fingerprint density at radius 3 is 2.86 bits per heavy atom. The molecule has 21 heavy (non-hydrogen) atoms. The predicted molar refractivity (Wildman–Crippen MR) is 80.3 cm³/mol. The highest BCUT2D eigenvalue weighted by Crippen LogP contribution is 2.40. The smallest absolute Gasteiger partial charge is 0.230 e. The van der Waals surface area contributed by atoms with Crippen LogP contribution in [0.2, 0.25) is 0 Å². The average molecular weight is 303 g/mol. The minimum Gasteiger partial charge on any atom is -0.339 e. The molecule has 0 aromatic carbocycles. The molecule has 0 spiro atoms. The Morgan fingerprint density at radius 1 is 1.38 bits per heavy atom. The van der Waals surface area contributed by atoms with Gasteiger partial charge in [0.15, 0.2) is 0 Å². The molecule has 2 aliphatic carbocycles. The van der Waals surface area contributed by atoms with E-state index in [0.717, 1.165) is 47.0 Å². The highest BCUT2D eigenvalue weighted by molar-refractivity contribution is 7.16. The number of anilines is 1. The zero-order chi connectivity index (χ0) is 14.4. The lowest BCUT2D eigenvalue weighted by Gasteiger charge is -2.23. The molecule has 6 heteroatoms. The van der Waals surface area contributed by atoms with Crippen molar-refractivity contribution >= 4 is 22.9 Å². The van der Waals surface area contributed by atoms with Gasteiger partial charge in [0.05, 0.1) is 10.6 Å². The Morgan fingerprint density at radius 2 is 2.19 bits per heavy atom. The van der Waals surface area contributed by atoms with Crippen LogP contribution in [0.15, 0.2) is 10.6 Å². The highest BCUT2D eigenvalue weighted by Gasteiger charge is 2.30. The molecule has 2 aromatic heterocycles. The molecular formula is C15H17N3O2S. The van der Waals surface area contributed by atoms with Crippen molar-refractivity contribution in [3.8, 4) is 10.7 Å². The number of carbonyl (C=O) groups excluding carboxylic acids is 1. The molecule has 2 aromatic rings. The zero-order valence-corrected chi connectivity index (χ0v) is 12.7. The third-order valence-electron chi connectivity index (χ3n) is 4.24. The van der Waals surface area contributed by atoms with Gasteiger partial charge in [0.25, 0.3) is 0 Å². The molecule has 2 fully saturated rings. The number of rotatable bonds is 4. The van der Waals surface area contributed by atoms with Gasteiger partial charge in [-0.25, -0.2) is 0 Å². The number of hydrogen-bond donors (Lipinski definition) is 1. The van der Waals surface area contributed by atoms with Gasteiger partial charge >= 0.3 is 0 Å². The zero-order valence-electron chi connectivity index (χ0n) is 11.9. The number of hydrogen-bond acceptors (Lipinski definition) is 5. The molecule has 1 N–H and O–H groups in total. The second-order valence-corrected chi connectivity index (χ2v) is 7.18. The summed E-state index contributed by atoms with van der Waals surface area (Å²) in [6.07, 6.45) is 5.48. The lowest BCUT2D eigenvalue weighted by molar-refractivity contribution is -0.122. The van der Waals surface area contributed by atoms with E-state index in [9.17, 15) is 4.79 Å². The minimum absolute atomic E-state index is 0.139. The van der Waals surface area contributed by atoms with Gasteiger partial charge in [0.2, 0.25) is 17.6 Å². The van der Waals surface area contributed by atoms with E-state index < -0.39 is 0 Å². The van der Waals surface area contributed by atoms with Crippen LogP contribution in [-0.4, -0.2) is 16.0 Å². The summed E-state index contributed by atoms with van der Waals surface area (Å²) in [7, 11) is 0. The lowest BCUT2D eigenvalue weighted by Crippen LogP contribution is -2.28. The summed E-state index contributed by atoms with van der Waals surface area (Å²) in [6.45, 7) is 2.01. The van der Waals surface area contributed by atoms with Crippen molar-refractivity contribution in [1.29, 1.82) is 0 Å². The molecule has 2 aliphatic rings. The average Bonchev–Trinajstić information content (AvgIpc) is 3.01. The molecule has 2 heterocycles. The summed E-state index contributed by atoms with van der Waals surface area (Å²) in [5, 5.41) is 7.08. The molecule has 0 radical (unpaired) electrons. The maximum atomic E-state index is 12.0. The van der Waals surface area contributed by atoms with E-state index >= 15 is 0 Å². The molecule has 110 valence electrons. The highest BCUT2D eigenvalue weighted by atomic mass is 32.1. The molecule has 0 unspecified atom stereocenters. The molecule has 0 saturated heterocycles. The maximum absolute atomic E-state index is 12.0. The van der Waals surface area contributed by atoms with Gasteiger partial charge in [-0.1, -0.05) is 11.6 Å². The third kappa shape index (κ3) is 2.48. The van der Waals surface area contributed by atoms with Crippen molar-refractivity contribution in [3.05, 3.63) is 16.8 Å². The Hall–Kier alpha value is -1.69. The van der Waals surface area contributed by atoms with Crippen LogP contribution in [0.1, 0.15) is 48.8 Å². The maximum Gasteiger partial charge on any atom is 0.230 e. The van der Waals surface area contributed by atoms with E-state index in [1.165, 1.54) is 6.42 Å². The normalized spacial score (nSPS) is 18.5. The van der Waals surface area contributed by atoms with Crippen LogP contribution in [0, 0.1) is 12.8 Å². The number of aryl methyl sites for hydroxylation is 1. The van der Waals surface area contributed by atoms with Gasteiger partial charge in [0, 0.05) is 16.7 Å². The Labute approximate surface area is 126 Å². The van der Waals surface area contributed by atoms with Crippen molar-refractivity contribution in [2.24, 2.45) is 5.92 Å². The molecule has 4 rings (SSSR count).